The van der Waals surface area contributed by atoms with Crippen LogP contribution in [0.4, 0.5) is 13.2 Å². The van der Waals surface area contributed by atoms with Crippen LogP contribution < -0.4 is 11.2 Å². The molecule has 0 spiro atoms. The lowest BCUT2D eigenvalue weighted by atomic mass is 9.82. The minimum Gasteiger partial charge on any atom is -0.311 e. The molecule has 37 heavy (non-hydrogen) atoms. The number of hydrogen-bond acceptors (Lipinski definition) is 4. The molecule has 0 amide bonds. The SMILES string of the molecule is CN(C)S(=O)(=O)c1cc(C(F)(F)F)ccc1C1=CCC(c2[nH]c(=O)[nH]c(=O)c2Cc2ccccc2)CC1. The largest absolute Gasteiger partial charge is 0.416 e. The number of hydrogen-bond donors (Lipinski definition) is 2. The number of alkyl halides is 3. The molecular formula is C26H26F3N3O4S. The number of nitrogens with one attached hydrogen (secondary N) is 2. The summed E-state index contributed by atoms with van der Waals surface area (Å²) in [7, 11) is -1.63. The normalized spacial score (nSPS) is 16.6. The van der Waals surface area contributed by atoms with Crippen molar-refractivity contribution in [2.24, 2.45) is 0 Å². The van der Waals surface area contributed by atoms with Crippen molar-refractivity contribution in [1.29, 1.82) is 0 Å². The lowest BCUT2D eigenvalue weighted by molar-refractivity contribution is -0.137. The Morgan fingerprint density at radius 1 is 1.03 bits per heavy atom. The third-order valence-corrected chi connectivity index (χ3v) is 8.39. The van der Waals surface area contributed by atoms with Crippen LogP contribution in [0.3, 0.4) is 0 Å². The Morgan fingerprint density at radius 3 is 2.32 bits per heavy atom. The van der Waals surface area contributed by atoms with E-state index < -0.39 is 37.9 Å². The van der Waals surface area contributed by atoms with Gasteiger partial charge in [-0.05, 0) is 48.1 Å². The summed E-state index contributed by atoms with van der Waals surface area (Å²) in [6.45, 7) is 0. The third kappa shape index (κ3) is 5.62. The van der Waals surface area contributed by atoms with Crippen LogP contribution in [-0.4, -0.2) is 36.8 Å². The Hall–Kier alpha value is -3.44. The summed E-state index contributed by atoms with van der Waals surface area (Å²) in [6, 6.07) is 12.1. The van der Waals surface area contributed by atoms with Crippen molar-refractivity contribution in [3.8, 4) is 0 Å². The van der Waals surface area contributed by atoms with Crippen LogP contribution in [0.15, 0.2) is 69.1 Å². The molecule has 7 nitrogen and oxygen atoms in total. The molecule has 2 N–H and O–H groups in total. The van der Waals surface area contributed by atoms with Gasteiger partial charge in [0.1, 0.15) is 0 Å². The molecule has 1 aliphatic rings. The zero-order chi connectivity index (χ0) is 27.0. The maximum absolute atomic E-state index is 13.3. The Morgan fingerprint density at radius 2 is 1.73 bits per heavy atom. The number of aromatic nitrogens is 2. The van der Waals surface area contributed by atoms with E-state index in [1.54, 1.807) is 6.08 Å². The Bertz CT molecular complexity index is 1560. The first-order valence-electron chi connectivity index (χ1n) is 11.6. The summed E-state index contributed by atoms with van der Waals surface area (Å²) in [5.74, 6) is -0.221. The molecule has 11 heteroatoms. The van der Waals surface area contributed by atoms with E-state index in [0.29, 0.717) is 48.6 Å². The van der Waals surface area contributed by atoms with Gasteiger partial charge >= 0.3 is 11.9 Å². The monoisotopic (exact) mass is 533 g/mol. The Labute approximate surface area is 211 Å². The van der Waals surface area contributed by atoms with E-state index in [-0.39, 0.29) is 11.5 Å². The predicted octanol–water partition coefficient (Wildman–Crippen LogP) is 4.27. The van der Waals surface area contributed by atoms with Crippen LogP contribution >= 0.6 is 0 Å². The standard InChI is InChI=1S/C26H26F3N3O4S/c1-32(2)37(35,36)22-15-19(26(27,28)29)12-13-20(22)17-8-10-18(11-9-17)23-21(24(33)31-25(34)30-23)14-16-6-4-3-5-7-16/h3-8,12-13,15,18H,9-11,14H2,1-2H3,(H2,30,31,33,34). The van der Waals surface area contributed by atoms with Crippen LogP contribution in [0, 0.1) is 0 Å². The maximum atomic E-state index is 13.3. The second-order valence-corrected chi connectivity index (χ2v) is 11.3. The van der Waals surface area contributed by atoms with E-state index in [2.05, 4.69) is 9.97 Å². The van der Waals surface area contributed by atoms with Crippen LogP contribution in [0.5, 0.6) is 0 Å². The number of H-pyrrole nitrogens is 2. The smallest absolute Gasteiger partial charge is 0.311 e. The fourth-order valence-corrected chi connectivity index (χ4v) is 5.72. The molecule has 1 heterocycles. The number of benzene rings is 2. The van der Waals surface area contributed by atoms with Gasteiger partial charge in [-0.3, -0.25) is 9.78 Å². The number of nitrogens with zero attached hydrogens (tertiary/aromatic N) is 1. The molecule has 0 saturated heterocycles. The molecule has 4 rings (SSSR count). The highest BCUT2D eigenvalue weighted by molar-refractivity contribution is 7.89. The summed E-state index contributed by atoms with van der Waals surface area (Å²) in [4.78, 5) is 29.4. The first-order valence-corrected chi connectivity index (χ1v) is 13.0. The molecule has 2 aromatic carbocycles. The number of rotatable bonds is 6. The molecule has 0 bridgehead atoms. The van der Waals surface area contributed by atoms with Crippen molar-refractivity contribution in [3.63, 3.8) is 0 Å². The molecule has 196 valence electrons. The van der Waals surface area contributed by atoms with Gasteiger partial charge in [-0.1, -0.05) is 42.5 Å². The minimum atomic E-state index is -4.69. The van der Waals surface area contributed by atoms with Gasteiger partial charge in [0.2, 0.25) is 10.0 Å². The van der Waals surface area contributed by atoms with E-state index >= 15 is 0 Å². The fourth-order valence-electron chi connectivity index (χ4n) is 4.57. The summed E-state index contributed by atoms with van der Waals surface area (Å²) < 4.78 is 66.7. The van der Waals surface area contributed by atoms with Crippen molar-refractivity contribution >= 4 is 15.6 Å². The summed E-state index contributed by atoms with van der Waals surface area (Å²) in [5, 5.41) is 0. The second kappa shape index (κ2) is 10.1. The van der Waals surface area contributed by atoms with E-state index in [4.69, 9.17) is 0 Å². The van der Waals surface area contributed by atoms with Crippen molar-refractivity contribution in [2.75, 3.05) is 14.1 Å². The molecule has 1 aromatic heterocycles. The van der Waals surface area contributed by atoms with Crippen LogP contribution in [-0.2, 0) is 22.6 Å². The van der Waals surface area contributed by atoms with Crippen molar-refractivity contribution < 1.29 is 21.6 Å². The van der Waals surface area contributed by atoms with Crippen molar-refractivity contribution in [2.45, 2.75) is 42.7 Å². The highest BCUT2D eigenvalue weighted by Gasteiger charge is 2.34. The fraction of sp³-hybridized carbons (Fsp3) is 0.308. The van der Waals surface area contributed by atoms with Crippen LogP contribution in [0.25, 0.3) is 5.57 Å². The first kappa shape index (κ1) is 26.6. The highest BCUT2D eigenvalue weighted by Crippen LogP contribution is 2.40. The lowest BCUT2D eigenvalue weighted by Gasteiger charge is -2.25. The number of allylic oxidation sites excluding steroid dienone is 2. The number of aromatic amines is 2. The highest BCUT2D eigenvalue weighted by atomic mass is 32.2. The average Bonchev–Trinajstić information content (AvgIpc) is 2.85. The van der Waals surface area contributed by atoms with Gasteiger partial charge in [0.05, 0.1) is 10.5 Å². The Kier molecular flexibility index (Phi) is 7.29. The molecule has 1 aliphatic carbocycles. The molecule has 0 radical (unpaired) electrons. The molecular weight excluding hydrogens is 507 g/mol. The average molecular weight is 534 g/mol. The zero-order valence-corrected chi connectivity index (χ0v) is 21.0. The van der Waals surface area contributed by atoms with Gasteiger partial charge in [-0.2, -0.15) is 13.2 Å². The molecule has 0 fully saturated rings. The molecule has 0 aliphatic heterocycles. The van der Waals surface area contributed by atoms with E-state index in [1.165, 1.54) is 20.2 Å². The summed E-state index contributed by atoms with van der Waals surface area (Å²) >= 11 is 0. The van der Waals surface area contributed by atoms with Gasteiger partial charge in [0.25, 0.3) is 5.56 Å². The lowest BCUT2D eigenvalue weighted by Crippen LogP contribution is -2.30. The summed E-state index contributed by atoms with van der Waals surface area (Å²) in [5.41, 5.74) is 0.535. The van der Waals surface area contributed by atoms with E-state index in [0.717, 1.165) is 15.9 Å². The topological polar surface area (TPSA) is 103 Å². The molecule has 0 saturated carbocycles. The van der Waals surface area contributed by atoms with Gasteiger partial charge in [-0.15, -0.1) is 0 Å². The van der Waals surface area contributed by atoms with E-state index in [1.807, 2.05) is 30.3 Å². The molecule has 1 unspecified atom stereocenters. The molecule has 3 aromatic rings. The van der Waals surface area contributed by atoms with Gasteiger partial charge < -0.3 is 4.98 Å². The van der Waals surface area contributed by atoms with E-state index in [9.17, 15) is 31.2 Å². The number of sulfonamides is 1. The zero-order valence-electron chi connectivity index (χ0n) is 20.2. The van der Waals surface area contributed by atoms with Gasteiger partial charge in [0, 0.05) is 37.7 Å². The first-order chi connectivity index (χ1) is 17.4. The quantitative estimate of drug-likeness (QED) is 0.494. The van der Waals surface area contributed by atoms with Crippen molar-refractivity contribution in [3.05, 3.63) is 103 Å². The third-order valence-electron chi connectivity index (χ3n) is 6.53. The molecule has 1 atom stereocenters. The van der Waals surface area contributed by atoms with Crippen LogP contribution in [0.1, 0.15) is 53.1 Å². The number of halogens is 3. The van der Waals surface area contributed by atoms with Crippen molar-refractivity contribution in [1.82, 2.24) is 14.3 Å². The van der Waals surface area contributed by atoms with Gasteiger partial charge in [-0.25, -0.2) is 17.5 Å². The van der Waals surface area contributed by atoms with Crippen LogP contribution in [0.2, 0.25) is 0 Å². The van der Waals surface area contributed by atoms with Gasteiger partial charge in [0.15, 0.2) is 0 Å². The maximum Gasteiger partial charge on any atom is 0.416 e. The Balaban J connectivity index is 1.72. The second-order valence-electron chi connectivity index (χ2n) is 9.16. The summed E-state index contributed by atoms with van der Waals surface area (Å²) in [6.07, 6.45) is -1.40. The minimum absolute atomic E-state index is 0.212. The predicted molar refractivity (Wildman–Crippen MR) is 134 cm³/mol.